The van der Waals surface area contributed by atoms with Crippen LogP contribution in [-0.2, 0) is 6.61 Å². The number of H-pyrrole nitrogens is 1. The van der Waals surface area contributed by atoms with Gasteiger partial charge in [-0.1, -0.05) is 11.6 Å². The quantitative estimate of drug-likeness (QED) is 0.391. The van der Waals surface area contributed by atoms with Gasteiger partial charge >= 0.3 is 0 Å². The summed E-state index contributed by atoms with van der Waals surface area (Å²) in [4.78, 5) is 20.3. The number of hydrogen-bond donors (Lipinski definition) is 3. The van der Waals surface area contributed by atoms with Gasteiger partial charge < -0.3 is 20.5 Å². The van der Waals surface area contributed by atoms with Crippen LogP contribution in [0.15, 0.2) is 18.3 Å². The maximum atomic E-state index is 10.1. The van der Waals surface area contributed by atoms with Gasteiger partial charge in [0.2, 0.25) is 11.5 Å². The number of halogens is 1. The summed E-state index contributed by atoms with van der Waals surface area (Å²) in [5.41, 5.74) is 10.0. The van der Waals surface area contributed by atoms with Crippen LogP contribution in [0.25, 0.3) is 33.5 Å². The third-order valence-corrected chi connectivity index (χ3v) is 6.95. The van der Waals surface area contributed by atoms with Crippen LogP contribution >= 0.6 is 11.6 Å². The second kappa shape index (κ2) is 8.61. The van der Waals surface area contributed by atoms with E-state index < -0.39 is 0 Å². The minimum atomic E-state index is -0.256. The molecule has 3 heterocycles. The fourth-order valence-corrected chi connectivity index (χ4v) is 5.04. The first-order valence-electron chi connectivity index (χ1n) is 11.2. The first-order valence-corrected chi connectivity index (χ1v) is 11.6. The van der Waals surface area contributed by atoms with E-state index in [1.165, 1.54) is 7.11 Å². The number of aliphatic hydroxyl groups excluding tert-OH is 1. The van der Waals surface area contributed by atoms with Crippen molar-refractivity contribution >= 4 is 39.6 Å². The largest absolute Gasteiger partial charge is 0.480 e. The van der Waals surface area contributed by atoms with Gasteiger partial charge in [-0.25, -0.2) is 19.9 Å². The SMILES string of the molecule is COc1cnc2ccc(-c3[nH]nc4nc(N(C)[C@@H]5CCC[C@@](C)(N)C5)c(CO)nc34)c(Cl)c2n1. The van der Waals surface area contributed by atoms with Crippen molar-refractivity contribution < 1.29 is 9.84 Å². The molecule has 0 radical (unpaired) electrons. The Labute approximate surface area is 201 Å². The van der Waals surface area contributed by atoms with Crippen molar-refractivity contribution in [3.05, 3.63) is 29.0 Å². The molecule has 0 amide bonds. The molecule has 2 atom stereocenters. The van der Waals surface area contributed by atoms with Crippen molar-refractivity contribution in [1.29, 1.82) is 0 Å². The summed E-state index contributed by atoms with van der Waals surface area (Å²) in [7, 11) is 3.50. The molecule has 34 heavy (non-hydrogen) atoms. The van der Waals surface area contributed by atoms with Crippen molar-refractivity contribution in [3.8, 4) is 17.1 Å². The number of aliphatic hydroxyl groups is 1. The second-order valence-electron chi connectivity index (χ2n) is 9.15. The Hall–Kier alpha value is -3.08. The number of benzene rings is 1. The number of nitrogens with one attached hydrogen (secondary N) is 1. The summed E-state index contributed by atoms with van der Waals surface area (Å²) >= 11 is 6.72. The molecule has 0 unspecified atom stereocenters. The molecule has 178 valence electrons. The van der Waals surface area contributed by atoms with Crippen LogP contribution in [0.4, 0.5) is 5.82 Å². The Bertz CT molecular complexity index is 1370. The molecule has 0 spiro atoms. The monoisotopic (exact) mass is 482 g/mol. The number of fused-ring (bicyclic) bond motifs is 2. The molecule has 0 aliphatic heterocycles. The van der Waals surface area contributed by atoms with Crippen molar-refractivity contribution in [3.63, 3.8) is 0 Å². The summed E-state index contributed by atoms with van der Waals surface area (Å²) in [6.07, 6.45) is 5.45. The van der Waals surface area contributed by atoms with Gasteiger partial charge in [0, 0.05) is 24.2 Å². The molecule has 4 N–H and O–H groups in total. The van der Waals surface area contributed by atoms with Crippen molar-refractivity contribution in [2.24, 2.45) is 5.73 Å². The van der Waals surface area contributed by atoms with E-state index in [4.69, 9.17) is 32.0 Å². The molecule has 1 aromatic carbocycles. The molecule has 5 rings (SSSR count). The summed E-state index contributed by atoms with van der Waals surface area (Å²) in [6.45, 7) is 1.83. The van der Waals surface area contributed by atoms with E-state index in [-0.39, 0.29) is 18.2 Å². The lowest BCUT2D eigenvalue weighted by Crippen LogP contribution is -2.48. The minimum absolute atomic E-state index is 0.211. The van der Waals surface area contributed by atoms with E-state index in [1.54, 1.807) is 6.20 Å². The maximum Gasteiger partial charge on any atom is 0.232 e. The molecule has 1 saturated carbocycles. The predicted molar refractivity (Wildman–Crippen MR) is 131 cm³/mol. The number of ether oxygens (including phenoxy) is 1. The third-order valence-electron chi connectivity index (χ3n) is 6.57. The van der Waals surface area contributed by atoms with Crippen LogP contribution < -0.4 is 15.4 Å². The summed E-state index contributed by atoms with van der Waals surface area (Å²) in [5, 5.41) is 17.9. The number of nitrogens with zero attached hydrogens (tertiary/aromatic N) is 6. The van der Waals surface area contributed by atoms with Gasteiger partial charge in [-0.3, -0.25) is 5.10 Å². The Kier molecular flexibility index (Phi) is 5.75. The number of anilines is 1. The van der Waals surface area contributed by atoms with Gasteiger partial charge in [0.15, 0.2) is 5.82 Å². The number of aromatic nitrogens is 6. The first kappa shape index (κ1) is 22.7. The average Bonchev–Trinajstić information content (AvgIpc) is 3.24. The van der Waals surface area contributed by atoms with E-state index in [0.717, 1.165) is 25.7 Å². The van der Waals surface area contributed by atoms with Gasteiger partial charge in [0.1, 0.15) is 16.7 Å². The van der Waals surface area contributed by atoms with E-state index in [0.29, 0.717) is 55.9 Å². The number of rotatable bonds is 5. The summed E-state index contributed by atoms with van der Waals surface area (Å²) in [6, 6.07) is 3.87. The Morgan fingerprint density at radius 1 is 1.29 bits per heavy atom. The summed E-state index contributed by atoms with van der Waals surface area (Å²) < 4.78 is 5.19. The zero-order chi connectivity index (χ0) is 24.0. The molecule has 3 aromatic heterocycles. The van der Waals surface area contributed by atoms with E-state index in [9.17, 15) is 5.11 Å². The molecule has 1 fully saturated rings. The van der Waals surface area contributed by atoms with E-state index >= 15 is 0 Å². The highest BCUT2D eigenvalue weighted by Gasteiger charge is 2.32. The minimum Gasteiger partial charge on any atom is -0.480 e. The molecule has 1 aliphatic rings. The van der Waals surface area contributed by atoms with Crippen LogP contribution in [0.3, 0.4) is 0 Å². The predicted octanol–water partition coefficient (Wildman–Crippen LogP) is 3.21. The normalized spacial score (nSPS) is 20.7. The Morgan fingerprint density at radius 2 is 2.12 bits per heavy atom. The van der Waals surface area contributed by atoms with Crippen LogP contribution in [-0.4, -0.2) is 61.0 Å². The fourth-order valence-electron chi connectivity index (χ4n) is 4.74. The van der Waals surface area contributed by atoms with E-state index in [1.807, 2.05) is 19.2 Å². The van der Waals surface area contributed by atoms with Gasteiger partial charge in [0.05, 0.1) is 36.1 Å². The highest BCUT2D eigenvalue weighted by atomic mass is 35.5. The van der Waals surface area contributed by atoms with Gasteiger partial charge in [-0.05, 0) is 44.7 Å². The lowest BCUT2D eigenvalue weighted by molar-refractivity contribution is 0.272. The zero-order valence-electron chi connectivity index (χ0n) is 19.3. The fraction of sp³-hybridized carbons (Fsp3) is 0.435. The number of methoxy groups -OCH3 is 1. The molecule has 10 nitrogen and oxygen atoms in total. The second-order valence-corrected chi connectivity index (χ2v) is 9.52. The Balaban J connectivity index is 1.58. The molecule has 0 bridgehead atoms. The zero-order valence-corrected chi connectivity index (χ0v) is 20.1. The van der Waals surface area contributed by atoms with Crippen LogP contribution in [0.2, 0.25) is 5.02 Å². The summed E-state index contributed by atoms with van der Waals surface area (Å²) in [5.74, 6) is 0.975. The lowest BCUT2D eigenvalue weighted by Gasteiger charge is -2.40. The van der Waals surface area contributed by atoms with Crippen molar-refractivity contribution in [2.45, 2.75) is 50.8 Å². The highest BCUT2D eigenvalue weighted by molar-refractivity contribution is 6.38. The van der Waals surface area contributed by atoms with Gasteiger partial charge in [0.25, 0.3) is 0 Å². The van der Waals surface area contributed by atoms with Crippen LogP contribution in [0.5, 0.6) is 5.88 Å². The highest BCUT2D eigenvalue weighted by Crippen LogP contribution is 2.37. The van der Waals surface area contributed by atoms with Crippen LogP contribution in [0.1, 0.15) is 38.3 Å². The number of aromatic amines is 1. The van der Waals surface area contributed by atoms with Gasteiger partial charge in [-0.2, -0.15) is 5.10 Å². The maximum absolute atomic E-state index is 10.1. The number of hydrogen-bond acceptors (Lipinski definition) is 9. The number of nitrogens with two attached hydrogens (primary N) is 1. The molecule has 1 aliphatic carbocycles. The first-order chi connectivity index (χ1) is 16.3. The topological polar surface area (TPSA) is 139 Å². The van der Waals surface area contributed by atoms with E-state index in [2.05, 4.69) is 32.0 Å². The molecule has 0 saturated heterocycles. The van der Waals surface area contributed by atoms with Crippen molar-refractivity contribution in [1.82, 2.24) is 30.1 Å². The third kappa shape index (κ3) is 3.91. The molecule has 4 aromatic rings. The smallest absolute Gasteiger partial charge is 0.232 e. The molecule has 11 heteroatoms. The molecular weight excluding hydrogens is 456 g/mol. The lowest BCUT2D eigenvalue weighted by atomic mass is 9.80. The van der Waals surface area contributed by atoms with Gasteiger partial charge in [-0.15, -0.1) is 0 Å². The van der Waals surface area contributed by atoms with Crippen LogP contribution in [0, 0.1) is 0 Å². The molecular formula is C23H27ClN8O2. The standard InChI is InChI=1S/C23H27ClN8O2/c1-23(25)8-4-5-12(9-23)32(2)22-15(11-33)27-20-18(30-31-21(20)29-22)13-6-7-14-19(17(13)24)28-16(34-3)10-26-14/h6-7,10,12,33H,4-5,8-9,11,25H2,1-3H3,(H,29,30,31)/t12-,23-/m1/s1. The van der Waals surface area contributed by atoms with Crippen molar-refractivity contribution in [2.75, 3.05) is 19.1 Å². The average molecular weight is 483 g/mol. The Morgan fingerprint density at radius 3 is 2.85 bits per heavy atom.